The van der Waals surface area contributed by atoms with Crippen LogP contribution >= 0.6 is 11.5 Å². The molecule has 1 aromatic heterocycles. The maximum Gasteiger partial charge on any atom is 0.275 e. The first-order chi connectivity index (χ1) is 10.8. The Balaban J connectivity index is 1.62. The lowest BCUT2D eigenvalue weighted by molar-refractivity contribution is 0.0729. The fraction of sp³-hybridized carbons (Fsp3) is 0.400. The van der Waals surface area contributed by atoms with Gasteiger partial charge < -0.3 is 14.4 Å². The van der Waals surface area contributed by atoms with Gasteiger partial charge in [0, 0.05) is 11.9 Å². The number of aromatic nitrogens is 2. The van der Waals surface area contributed by atoms with Crippen LogP contribution in [-0.4, -0.2) is 40.2 Å². The highest BCUT2D eigenvalue weighted by Crippen LogP contribution is 2.38. The molecule has 0 unspecified atom stereocenters. The summed E-state index contributed by atoms with van der Waals surface area (Å²) in [6.45, 7) is 1.89. The molecule has 2 aromatic rings. The van der Waals surface area contributed by atoms with Crippen LogP contribution in [0.4, 0.5) is 0 Å². The molecule has 1 saturated heterocycles. The van der Waals surface area contributed by atoms with Crippen molar-refractivity contribution in [3.05, 3.63) is 34.8 Å². The molecule has 0 aliphatic carbocycles. The molecule has 114 valence electrons. The molecule has 22 heavy (non-hydrogen) atoms. The Hall–Kier alpha value is -2.15. The second-order valence-corrected chi connectivity index (χ2v) is 5.96. The van der Waals surface area contributed by atoms with E-state index in [0.29, 0.717) is 18.9 Å². The van der Waals surface area contributed by atoms with Crippen LogP contribution < -0.4 is 9.47 Å². The van der Waals surface area contributed by atoms with Gasteiger partial charge in [0.2, 0.25) is 0 Å². The molecular formula is C15H15N3O3S. The molecule has 1 amide bonds. The zero-order valence-corrected chi connectivity index (χ0v) is 12.7. The van der Waals surface area contributed by atoms with Crippen LogP contribution in [0.3, 0.4) is 0 Å². The first-order valence-electron chi connectivity index (χ1n) is 7.30. The van der Waals surface area contributed by atoms with E-state index in [1.165, 1.54) is 11.5 Å². The normalized spacial score (nSPS) is 20.2. The third-order valence-corrected chi connectivity index (χ3v) is 4.55. The molecule has 1 fully saturated rings. The Morgan fingerprint density at radius 1 is 1.27 bits per heavy atom. The number of amides is 1. The minimum atomic E-state index is -0.0499. The van der Waals surface area contributed by atoms with Crippen molar-refractivity contribution in [3.63, 3.8) is 0 Å². The standard InChI is InChI=1S/C15H15N3O3S/c19-15(11-9-22-17-16-11)18-5-1-2-12(18)10-3-4-13-14(8-10)21-7-6-20-13/h3-4,8-9,12H,1-2,5-7H2/t12-/m1/s1. The summed E-state index contributed by atoms with van der Waals surface area (Å²) in [5, 5.41) is 5.59. The zero-order valence-electron chi connectivity index (χ0n) is 11.9. The van der Waals surface area contributed by atoms with Gasteiger partial charge in [0.1, 0.15) is 13.2 Å². The lowest BCUT2D eigenvalue weighted by Crippen LogP contribution is -2.31. The van der Waals surface area contributed by atoms with E-state index in [2.05, 4.69) is 9.59 Å². The SMILES string of the molecule is O=C(c1csnn1)N1CCC[C@@H]1c1ccc2c(c1)OCCO2. The fourth-order valence-electron chi connectivity index (χ4n) is 3.03. The third-order valence-electron chi connectivity index (χ3n) is 4.04. The number of ether oxygens (including phenoxy) is 2. The lowest BCUT2D eigenvalue weighted by Gasteiger charge is -2.26. The molecule has 3 heterocycles. The second kappa shape index (κ2) is 5.57. The predicted octanol–water partition coefficient (Wildman–Crippen LogP) is 2.29. The van der Waals surface area contributed by atoms with Gasteiger partial charge in [-0.3, -0.25) is 4.79 Å². The Bertz CT molecular complexity index is 689. The van der Waals surface area contributed by atoms with E-state index in [0.717, 1.165) is 36.4 Å². The van der Waals surface area contributed by atoms with E-state index in [1.54, 1.807) is 5.38 Å². The van der Waals surface area contributed by atoms with Crippen molar-refractivity contribution in [1.82, 2.24) is 14.5 Å². The van der Waals surface area contributed by atoms with Crippen LogP contribution in [0.25, 0.3) is 0 Å². The largest absolute Gasteiger partial charge is 0.486 e. The molecule has 2 aliphatic rings. The van der Waals surface area contributed by atoms with Crippen LogP contribution in [0.5, 0.6) is 11.5 Å². The summed E-state index contributed by atoms with van der Waals surface area (Å²) in [6, 6.07) is 5.99. The van der Waals surface area contributed by atoms with Crippen LogP contribution in [0.2, 0.25) is 0 Å². The van der Waals surface area contributed by atoms with Crippen molar-refractivity contribution < 1.29 is 14.3 Å². The van der Waals surface area contributed by atoms with Gasteiger partial charge in [-0.2, -0.15) is 0 Å². The first-order valence-corrected chi connectivity index (χ1v) is 8.14. The third kappa shape index (κ3) is 2.31. The number of rotatable bonds is 2. The lowest BCUT2D eigenvalue weighted by atomic mass is 10.0. The average Bonchev–Trinajstić information content (AvgIpc) is 3.25. The van der Waals surface area contributed by atoms with Crippen molar-refractivity contribution in [2.45, 2.75) is 18.9 Å². The minimum Gasteiger partial charge on any atom is -0.486 e. The highest BCUT2D eigenvalue weighted by atomic mass is 32.1. The predicted molar refractivity (Wildman–Crippen MR) is 80.4 cm³/mol. The molecule has 6 nitrogen and oxygen atoms in total. The van der Waals surface area contributed by atoms with E-state index in [1.807, 2.05) is 23.1 Å². The number of fused-ring (bicyclic) bond motifs is 1. The maximum atomic E-state index is 12.6. The minimum absolute atomic E-state index is 0.0499. The van der Waals surface area contributed by atoms with E-state index < -0.39 is 0 Å². The molecule has 2 aliphatic heterocycles. The molecule has 7 heteroatoms. The van der Waals surface area contributed by atoms with E-state index in [-0.39, 0.29) is 11.9 Å². The average molecular weight is 317 g/mol. The molecular weight excluding hydrogens is 302 g/mol. The van der Waals surface area contributed by atoms with Crippen molar-refractivity contribution >= 4 is 17.4 Å². The maximum absolute atomic E-state index is 12.6. The van der Waals surface area contributed by atoms with Crippen molar-refractivity contribution in [2.75, 3.05) is 19.8 Å². The van der Waals surface area contributed by atoms with E-state index in [4.69, 9.17) is 9.47 Å². The molecule has 0 radical (unpaired) electrons. The number of benzene rings is 1. The number of hydrogen-bond acceptors (Lipinski definition) is 6. The highest BCUT2D eigenvalue weighted by molar-refractivity contribution is 7.03. The van der Waals surface area contributed by atoms with Crippen molar-refractivity contribution in [1.29, 1.82) is 0 Å². The Morgan fingerprint density at radius 2 is 2.14 bits per heavy atom. The van der Waals surface area contributed by atoms with Gasteiger partial charge in [-0.05, 0) is 42.1 Å². The summed E-state index contributed by atoms with van der Waals surface area (Å²) in [5.74, 6) is 1.49. The Morgan fingerprint density at radius 3 is 2.95 bits per heavy atom. The topological polar surface area (TPSA) is 64.6 Å². The Labute approximate surface area is 131 Å². The zero-order chi connectivity index (χ0) is 14.9. The van der Waals surface area contributed by atoms with Crippen LogP contribution in [0.15, 0.2) is 23.6 Å². The van der Waals surface area contributed by atoms with Gasteiger partial charge in [0.05, 0.1) is 6.04 Å². The fourth-order valence-corrected chi connectivity index (χ4v) is 3.46. The van der Waals surface area contributed by atoms with Crippen molar-refractivity contribution in [2.24, 2.45) is 0 Å². The molecule has 0 N–H and O–H groups in total. The summed E-state index contributed by atoms with van der Waals surface area (Å²) in [7, 11) is 0. The van der Waals surface area contributed by atoms with Crippen LogP contribution in [0.1, 0.15) is 34.9 Å². The molecule has 0 saturated carbocycles. The van der Waals surface area contributed by atoms with E-state index >= 15 is 0 Å². The van der Waals surface area contributed by atoms with Gasteiger partial charge in [0.15, 0.2) is 17.2 Å². The second-order valence-electron chi connectivity index (χ2n) is 5.35. The summed E-state index contributed by atoms with van der Waals surface area (Å²) in [4.78, 5) is 14.4. The summed E-state index contributed by atoms with van der Waals surface area (Å²) >= 11 is 1.20. The number of carbonyl (C=O) groups excluding carboxylic acids is 1. The summed E-state index contributed by atoms with van der Waals surface area (Å²) < 4.78 is 15.0. The number of likely N-dealkylation sites (tertiary alicyclic amines) is 1. The monoisotopic (exact) mass is 317 g/mol. The van der Waals surface area contributed by atoms with Crippen LogP contribution in [0, 0.1) is 0 Å². The smallest absolute Gasteiger partial charge is 0.275 e. The molecule has 0 spiro atoms. The van der Waals surface area contributed by atoms with Gasteiger partial charge in [-0.1, -0.05) is 10.6 Å². The summed E-state index contributed by atoms with van der Waals surface area (Å²) in [6.07, 6.45) is 1.94. The quantitative estimate of drug-likeness (QED) is 0.850. The first kappa shape index (κ1) is 13.5. The molecule has 0 bridgehead atoms. The summed E-state index contributed by atoms with van der Waals surface area (Å²) in [5.41, 5.74) is 1.51. The molecule has 1 aromatic carbocycles. The van der Waals surface area contributed by atoms with Crippen LogP contribution in [-0.2, 0) is 0 Å². The van der Waals surface area contributed by atoms with Gasteiger partial charge >= 0.3 is 0 Å². The number of nitrogens with zero attached hydrogens (tertiary/aromatic N) is 3. The number of carbonyl (C=O) groups is 1. The Kier molecular flexibility index (Phi) is 3.42. The molecule has 1 atom stereocenters. The van der Waals surface area contributed by atoms with Crippen molar-refractivity contribution in [3.8, 4) is 11.5 Å². The van der Waals surface area contributed by atoms with Gasteiger partial charge in [-0.15, -0.1) is 5.10 Å². The molecule has 4 rings (SSSR count). The van der Waals surface area contributed by atoms with Gasteiger partial charge in [0.25, 0.3) is 5.91 Å². The number of hydrogen-bond donors (Lipinski definition) is 0. The highest BCUT2D eigenvalue weighted by Gasteiger charge is 2.32. The van der Waals surface area contributed by atoms with E-state index in [9.17, 15) is 4.79 Å². The van der Waals surface area contributed by atoms with Gasteiger partial charge in [-0.25, -0.2) is 0 Å².